The second kappa shape index (κ2) is 55.9. The minimum Gasteiger partial charge on any atom is -0.352 e. The van der Waals surface area contributed by atoms with Crippen LogP contribution in [0.1, 0.15) is 447 Å². The Balaban J connectivity index is 0.000000155. The highest BCUT2D eigenvalue weighted by molar-refractivity contribution is 6.08. The first kappa shape index (κ1) is 118. The average molecular weight is 2020 g/mol. The lowest BCUT2D eigenvalue weighted by atomic mass is 9.89. The van der Waals surface area contributed by atoms with E-state index in [4.69, 9.17) is 0 Å². The second-order valence-corrected chi connectivity index (χ2v) is 47.6. The summed E-state index contributed by atoms with van der Waals surface area (Å²) in [4.78, 5) is 2.41. The number of benzene rings is 4. The number of rotatable bonds is 12. The molecule has 149 heavy (non-hydrogen) atoms. The van der Waals surface area contributed by atoms with E-state index in [2.05, 4.69) is 517 Å². The van der Waals surface area contributed by atoms with Gasteiger partial charge in [0.1, 0.15) is 0 Å². The number of hydrogen-bond acceptors (Lipinski definition) is 1. The molecule has 0 spiro atoms. The van der Waals surface area contributed by atoms with Gasteiger partial charge in [0.15, 0.2) is 0 Å². The number of aromatic nitrogens is 11. The molecule has 22 rings (SSSR count). The van der Waals surface area contributed by atoms with E-state index in [0.717, 1.165) is 17.8 Å². The minimum absolute atomic E-state index is 0.437. The van der Waals surface area contributed by atoms with Crippen LogP contribution in [0.15, 0.2) is 219 Å². The summed E-state index contributed by atoms with van der Waals surface area (Å²) in [6, 6.07) is 68.0. The highest BCUT2D eigenvalue weighted by Gasteiger charge is 2.27. The molecule has 12 nitrogen and oxygen atoms in total. The van der Waals surface area contributed by atoms with E-state index in [9.17, 15) is 0 Å². The summed E-state index contributed by atoms with van der Waals surface area (Å²) in [5, 5.41) is 2.71. The first-order chi connectivity index (χ1) is 71.0. The van der Waals surface area contributed by atoms with Gasteiger partial charge >= 0.3 is 0 Å². The SMILES string of the molecule is CC(C)N1c2ccccc2C=Cc2ccccc21.CC(C)n1c2ccccc2c2ccccc21.CC(C)n1ccc2c1CCCC2.CC(C)n1cccc1.CC1CCCc2ccn(C(C)C)c21.CC1CCc2c(ccn2C(C)C)C1.Cc1cc(C)n(C(C)C)c1.Cc1cc2c(n1C(C)C)CC(C)CC2.Cc1cc2c(n1C(C)C)CCCC2.Cc1ccc(C)n1C(C)C.Cc1cccn1C(C)C.Cc1cn(C(C)C)c2c1CCCC2. The van der Waals surface area contributed by atoms with Gasteiger partial charge in [-0.3, -0.25) is 0 Å². The van der Waals surface area contributed by atoms with Gasteiger partial charge in [0.2, 0.25) is 0 Å². The van der Waals surface area contributed by atoms with E-state index >= 15 is 0 Å². The second-order valence-electron chi connectivity index (χ2n) is 47.6. The number of anilines is 2. The first-order valence-electron chi connectivity index (χ1n) is 58.3. The largest absolute Gasteiger partial charge is 0.352 e. The fourth-order valence-corrected chi connectivity index (χ4v) is 24.4. The van der Waals surface area contributed by atoms with Crippen molar-refractivity contribution < 1.29 is 0 Å². The smallest absolute Gasteiger partial charge is 0.0493 e. The van der Waals surface area contributed by atoms with Crippen molar-refractivity contribution >= 4 is 45.3 Å². The number of para-hydroxylation sites is 4. The maximum Gasteiger partial charge on any atom is 0.0493 e. The van der Waals surface area contributed by atoms with Gasteiger partial charge in [0.25, 0.3) is 0 Å². The zero-order valence-electron chi connectivity index (χ0n) is 99.8. The number of fused-ring (bicyclic) bond motifs is 11. The molecule has 12 heterocycles. The third-order valence-corrected chi connectivity index (χ3v) is 31.4. The van der Waals surface area contributed by atoms with E-state index in [-0.39, 0.29) is 0 Å². The van der Waals surface area contributed by atoms with Crippen LogP contribution in [0.25, 0.3) is 34.0 Å². The zero-order chi connectivity index (χ0) is 108. The van der Waals surface area contributed by atoms with E-state index in [0.29, 0.717) is 72.5 Å². The van der Waals surface area contributed by atoms with E-state index in [1.54, 1.807) is 67.5 Å². The average Bonchev–Trinajstić information content (AvgIpc) is 1.60. The number of nitrogens with zero attached hydrogens (tertiary/aromatic N) is 12. The van der Waals surface area contributed by atoms with Gasteiger partial charge < -0.3 is 55.1 Å². The predicted molar refractivity (Wildman–Crippen MR) is 649 cm³/mol. The van der Waals surface area contributed by atoms with E-state index in [1.807, 2.05) is 12.1 Å². The number of aryl methyl sites for hydroxylation is 12. The van der Waals surface area contributed by atoms with Gasteiger partial charge in [-0.05, 0) is 527 Å². The zero-order valence-corrected chi connectivity index (χ0v) is 99.8. The Morgan fingerprint density at radius 1 is 0.255 bits per heavy atom. The van der Waals surface area contributed by atoms with Crippen LogP contribution in [0.2, 0.25) is 0 Å². The van der Waals surface area contributed by atoms with Gasteiger partial charge in [-0.1, -0.05) is 106 Å². The fourth-order valence-electron chi connectivity index (χ4n) is 24.4. The van der Waals surface area contributed by atoms with Crippen molar-refractivity contribution in [1.29, 1.82) is 0 Å². The maximum absolute atomic E-state index is 2.52. The summed E-state index contributed by atoms with van der Waals surface area (Å²) >= 11 is 0. The Morgan fingerprint density at radius 2 is 0.691 bits per heavy atom. The van der Waals surface area contributed by atoms with Gasteiger partial charge in [0.05, 0.1) is 0 Å². The van der Waals surface area contributed by atoms with Crippen molar-refractivity contribution in [1.82, 2.24) is 50.2 Å². The molecule has 3 unspecified atom stereocenters. The molecule has 0 amide bonds. The molecule has 1 aliphatic heterocycles. The summed E-state index contributed by atoms with van der Waals surface area (Å²) in [5.74, 6) is 2.52. The molecule has 4 aromatic carbocycles. The molecular weight excluding hydrogens is 1810 g/mol. The lowest BCUT2D eigenvalue weighted by Gasteiger charge is -2.30. The summed E-state index contributed by atoms with van der Waals surface area (Å²) < 4.78 is 26.2. The van der Waals surface area contributed by atoms with Crippen LogP contribution in [-0.4, -0.2) is 56.3 Å². The van der Waals surface area contributed by atoms with Crippen LogP contribution >= 0.6 is 0 Å². The molecule has 0 N–H and O–H groups in total. The lowest BCUT2D eigenvalue weighted by molar-refractivity contribution is 0.460. The van der Waals surface area contributed by atoms with Gasteiger partial charge in [-0.2, -0.15) is 0 Å². The maximum atomic E-state index is 2.52. The normalized spacial score (nSPS) is 15.5. The molecule has 6 aliphatic carbocycles. The monoisotopic (exact) mass is 2010 g/mol. The Hall–Kier alpha value is -11.0. The molecule has 11 aromatic heterocycles. The molecule has 0 radical (unpaired) electrons. The first-order valence-corrected chi connectivity index (χ1v) is 58.3. The topological polar surface area (TPSA) is 57.5 Å². The quantitative estimate of drug-likeness (QED) is 0.120. The molecule has 12 heteroatoms. The van der Waals surface area contributed by atoms with Gasteiger partial charge in [0, 0.05) is 224 Å². The molecule has 3 atom stereocenters. The fraction of sp³-hybridized carbons (Fsp3) is 0.518. The Kier molecular flexibility index (Phi) is 44.3. The molecule has 15 aromatic rings. The van der Waals surface area contributed by atoms with Crippen molar-refractivity contribution in [3.8, 4) is 0 Å². The van der Waals surface area contributed by atoms with Crippen LogP contribution in [0.3, 0.4) is 0 Å². The van der Waals surface area contributed by atoms with Crippen molar-refractivity contribution in [2.45, 2.75) is 456 Å². The van der Waals surface area contributed by atoms with Crippen molar-refractivity contribution in [3.63, 3.8) is 0 Å². The third kappa shape index (κ3) is 31.0. The van der Waals surface area contributed by atoms with Crippen LogP contribution in [-0.2, 0) is 70.6 Å². The standard InChI is InChI=1S/C17H17N.C15H15N.C13H21N.4C12H19N.C11H17N.2C9H15N.C8H13N.C7H11N/c1-13(2)18-16-9-5-3-7-14(16)11-12-15-8-4-6-10-17(15)18;1-11(2)16-14-9-5-3-7-12(14)13-8-4-6-10-15(13)16;1-9(2)14-11(4)8-12-6-5-10(3)7-13(12)14;1-9(2)13-7-6-11-8-10(3)4-5-12(11)13;1-9(2)13-8-7-11-6-4-5-10(3)12(11)13;1-9(2)13-8-10(3)11-6-4-5-7-12(11)13;1-9(2)13-10(3)8-11-6-4-5-7-12(11)13;1-9(2)12-8-7-10-5-3-4-6-11(10)12;1-7(2)10-6-8(3)5-9(10)4;1-7(2)10-8(3)5-6-9(10)4;1-7(2)9-6-4-5-8(9)3;1-7(2)8-5-3-4-6-8/h3-13H,1-2H3;3-11H,1-2H3;8-10H,5-7H2,1-4H3;6-7,9-10H,4-5,8H2,1-3H3;7-10H,4-6H2,1-3H3;2*8-9H,4-7H2,1-3H3;7-9H,3-6H2,1-2H3;2*5-7H,1-4H3;4-7H,1-3H3;3-7H,1-2H3. The van der Waals surface area contributed by atoms with Crippen molar-refractivity contribution in [2.24, 2.45) is 11.8 Å². The minimum atomic E-state index is 0.437. The number of hydrogen-bond donors (Lipinski definition) is 0. The lowest BCUT2D eigenvalue weighted by Crippen LogP contribution is -2.26. The highest BCUT2D eigenvalue weighted by Crippen LogP contribution is 2.41. The van der Waals surface area contributed by atoms with Crippen molar-refractivity contribution in [3.05, 3.63) is 343 Å². The molecule has 0 saturated carbocycles. The predicted octanol–water partition coefficient (Wildman–Crippen LogP) is 38.6. The summed E-state index contributed by atoms with van der Waals surface area (Å²) in [7, 11) is 0. The Morgan fingerprint density at radius 3 is 1.16 bits per heavy atom. The summed E-state index contributed by atoms with van der Waals surface area (Å²) in [6.45, 7) is 78.2. The van der Waals surface area contributed by atoms with Crippen molar-refractivity contribution in [2.75, 3.05) is 4.90 Å². The molecule has 0 bridgehead atoms. The Labute approximate surface area is 905 Å². The summed E-state index contributed by atoms with van der Waals surface area (Å²) in [5.41, 5.74) is 38.2. The molecular formula is C137H200N12. The van der Waals surface area contributed by atoms with Crippen LogP contribution in [0.4, 0.5) is 11.4 Å². The summed E-state index contributed by atoms with van der Waals surface area (Å²) in [6.07, 6.45) is 49.9. The third-order valence-electron chi connectivity index (χ3n) is 31.4. The van der Waals surface area contributed by atoms with Crippen LogP contribution in [0.5, 0.6) is 0 Å². The van der Waals surface area contributed by atoms with E-state index in [1.165, 1.54) is 224 Å². The molecule has 0 fully saturated rings. The molecule has 0 saturated heterocycles. The molecule has 7 aliphatic rings. The van der Waals surface area contributed by atoms with E-state index < -0.39 is 0 Å². The Bertz CT molecular complexity index is 6460. The van der Waals surface area contributed by atoms with Gasteiger partial charge in [-0.15, -0.1) is 0 Å². The molecule has 808 valence electrons. The van der Waals surface area contributed by atoms with Crippen LogP contribution < -0.4 is 4.90 Å². The van der Waals surface area contributed by atoms with Gasteiger partial charge in [-0.25, -0.2) is 0 Å². The van der Waals surface area contributed by atoms with Crippen LogP contribution in [0, 0.1) is 67.2 Å². The highest BCUT2D eigenvalue weighted by atomic mass is 15.2.